The topological polar surface area (TPSA) is 12.4 Å². The molecular formula is C25H35N. The molecule has 2 unspecified atom stereocenters. The van der Waals surface area contributed by atoms with Gasteiger partial charge in [-0.1, -0.05) is 62.4 Å². The molecule has 0 amide bonds. The minimum absolute atomic E-state index is 0.672. The Hall–Kier alpha value is -1.89. The molecule has 2 atom stereocenters. The lowest BCUT2D eigenvalue weighted by Crippen LogP contribution is -2.03. The molecule has 0 heterocycles. The SMILES string of the molecule is C/C=C(CCC(C)CCc1cccc(C2=CCC(C)C=C2)c1)\C(C)=N/C. The minimum atomic E-state index is 0.672. The lowest BCUT2D eigenvalue weighted by molar-refractivity contribution is 0.494. The average molecular weight is 350 g/mol. The molecule has 0 N–H and O–H groups in total. The highest BCUT2D eigenvalue weighted by atomic mass is 14.7. The summed E-state index contributed by atoms with van der Waals surface area (Å²) in [7, 11) is 1.88. The molecule has 0 radical (unpaired) electrons. The highest BCUT2D eigenvalue weighted by Crippen LogP contribution is 2.25. The third-order valence-electron chi connectivity index (χ3n) is 5.56. The van der Waals surface area contributed by atoms with Gasteiger partial charge in [0.05, 0.1) is 0 Å². The van der Waals surface area contributed by atoms with E-state index in [1.165, 1.54) is 40.8 Å². The molecule has 0 fully saturated rings. The number of allylic oxidation sites excluding steroid dienone is 6. The maximum absolute atomic E-state index is 4.33. The van der Waals surface area contributed by atoms with Crippen LogP contribution >= 0.6 is 0 Å². The van der Waals surface area contributed by atoms with Crippen molar-refractivity contribution >= 4 is 11.3 Å². The summed E-state index contributed by atoms with van der Waals surface area (Å²) in [6.07, 6.45) is 15.1. The lowest BCUT2D eigenvalue weighted by atomic mass is 9.91. The number of benzene rings is 1. The summed E-state index contributed by atoms with van der Waals surface area (Å²) < 4.78 is 0. The molecule has 0 saturated heterocycles. The first-order chi connectivity index (χ1) is 12.5. The van der Waals surface area contributed by atoms with E-state index in [0.29, 0.717) is 5.92 Å². The van der Waals surface area contributed by atoms with E-state index in [9.17, 15) is 0 Å². The van der Waals surface area contributed by atoms with E-state index in [1.807, 2.05) is 7.05 Å². The van der Waals surface area contributed by atoms with Gasteiger partial charge in [-0.2, -0.15) is 0 Å². The van der Waals surface area contributed by atoms with Gasteiger partial charge in [0.2, 0.25) is 0 Å². The Balaban J connectivity index is 1.88. The molecule has 0 saturated carbocycles. The van der Waals surface area contributed by atoms with E-state index < -0.39 is 0 Å². The number of rotatable bonds is 8. The van der Waals surface area contributed by atoms with Gasteiger partial charge in [-0.3, -0.25) is 4.99 Å². The van der Waals surface area contributed by atoms with Crippen molar-refractivity contribution in [2.24, 2.45) is 16.8 Å². The molecule has 2 rings (SSSR count). The van der Waals surface area contributed by atoms with Gasteiger partial charge in [-0.25, -0.2) is 0 Å². The molecule has 1 nitrogen and oxygen atoms in total. The predicted molar refractivity (Wildman–Crippen MR) is 117 cm³/mol. The monoisotopic (exact) mass is 349 g/mol. The fourth-order valence-electron chi connectivity index (χ4n) is 3.48. The van der Waals surface area contributed by atoms with Crippen LogP contribution < -0.4 is 0 Å². The van der Waals surface area contributed by atoms with Gasteiger partial charge in [0.1, 0.15) is 0 Å². The second-order valence-electron chi connectivity index (χ2n) is 7.74. The van der Waals surface area contributed by atoms with Gasteiger partial charge in [0.25, 0.3) is 0 Å². The summed E-state index contributed by atoms with van der Waals surface area (Å²) >= 11 is 0. The average Bonchev–Trinajstić information content (AvgIpc) is 2.67. The van der Waals surface area contributed by atoms with Gasteiger partial charge in [0.15, 0.2) is 0 Å². The van der Waals surface area contributed by atoms with Crippen molar-refractivity contribution < 1.29 is 0 Å². The molecular weight excluding hydrogens is 314 g/mol. The zero-order valence-corrected chi connectivity index (χ0v) is 17.3. The van der Waals surface area contributed by atoms with Gasteiger partial charge in [-0.05, 0) is 80.1 Å². The van der Waals surface area contributed by atoms with Crippen molar-refractivity contribution in [1.29, 1.82) is 0 Å². The first kappa shape index (κ1) is 20.4. The molecule has 26 heavy (non-hydrogen) atoms. The molecule has 140 valence electrons. The molecule has 1 aromatic carbocycles. The van der Waals surface area contributed by atoms with Gasteiger partial charge in [-0.15, -0.1) is 0 Å². The van der Waals surface area contributed by atoms with E-state index in [4.69, 9.17) is 0 Å². The van der Waals surface area contributed by atoms with Gasteiger partial charge < -0.3 is 0 Å². The van der Waals surface area contributed by atoms with E-state index >= 15 is 0 Å². The van der Waals surface area contributed by atoms with Crippen molar-refractivity contribution in [3.63, 3.8) is 0 Å². The van der Waals surface area contributed by atoms with Crippen LogP contribution in [0.5, 0.6) is 0 Å². The Morgan fingerprint density at radius 3 is 2.77 bits per heavy atom. The van der Waals surface area contributed by atoms with Crippen molar-refractivity contribution in [3.05, 3.63) is 65.3 Å². The smallest absolute Gasteiger partial charge is 0.0342 e. The number of hydrogen-bond donors (Lipinski definition) is 0. The molecule has 1 aliphatic carbocycles. The van der Waals surface area contributed by atoms with Crippen LogP contribution in [0.3, 0.4) is 0 Å². The Morgan fingerprint density at radius 2 is 2.12 bits per heavy atom. The normalized spacial score (nSPS) is 19.4. The van der Waals surface area contributed by atoms with Gasteiger partial charge in [0, 0.05) is 12.8 Å². The molecule has 0 aromatic heterocycles. The van der Waals surface area contributed by atoms with Crippen LogP contribution in [0.2, 0.25) is 0 Å². The Kier molecular flexibility index (Phi) is 8.09. The zero-order chi connectivity index (χ0) is 18.9. The highest BCUT2D eigenvalue weighted by molar-refractivity contribution is 5.97. The number of nitrogens with zero attached hydrogens (tertiary/aromatic N) is 1. The van der Waals surface area contributed by atoms with E-state index in [2.05, 4.69) is 81.3 Å². The Labute approximate surface area is 160 Å². The van der Waals surface area contributed by atoms with Crippen molar-refractivity contribution in [2.45, 2.75) is 59.8 Å². The van der Waals surface area contributed by atoms with Crippen LogP contribution in [0.4, 0.5) is 0 Å². The van der Waals surface area contributed by atoms with Gasteiger partial charge >= 0.3 is 0 Å². The largest absolute Gasteiger partial charge is 0.293 e. The molecule has 0 bridgehead atoms. The lowest BCUT2D eigenvalue weighted by Gasteiger charge is -2.15. The van der Waals surface area contributed by atoms with Crippen molar-refractivity contribution in [2.75, 3.05) is 7.05 Å². The fourth-order valence-corrected chi connectivity index (χ4v) is 3.48. The van der Waals surface area contributed by atoms with E-state index in [-0.39, 0.29) is 0 Å². The quantitative estimate of drug-likeness (QED) is 0.446. The van der Waals surface area contributed by atoms with Crippen LogP contribution in [0.25, 0.3) is 5.57 Å². The minimum Gasteiger partial charge on any atom is -0.293 e. The number of aliphatic imine (C=N–C) groups is 1. The molecule has 0 spiro atoms. The maximum atomic E-state index is 4.33. The fraction of sp³-hybridized carbons (Fsp3) is 0.480. The third kappa shape index (κ3) is 6.12. The summed E-state index contributed by atoms with van der Waals surface area (Å²) in [4.78, 5) is 4.33. The summed E-state index contributed by atoms with van der Waals surface area (Å²) in [6, 6.07) is 9.10. The Morgan fingerprint density at radius 1 is 1.31 bits per heavy atom. The standard InChI is InChI=1S/C25H35N/c1-6-23(21(4)26-5)15-11-19(2)10-14-22-8-7-9-25(18-22)24-16-12-20(3)13-17-24/h6-9,12,16-20H,10-11,13-15H2,1-5H3/b23-6-,26-21-. The maximum Gasteiger partial charge on any atom is 0.0342 e. The van der Waals surface area contributed by atoms with E-state index in [0.717, 1.165) is 25.2 Å². The van der Waals surface area contributed by atoms with Crippen LogP contribution in [-0.4, -0.2) is 12.8 Å². The second kappa shape index (κ2) is 10.3. The zero-order valence-electron chi connectivity index (χ0n) is 17.3. The summed E-state index contributed by atoms with van der Waals surface area (Å²) in [5, 5.41) is 0. The summed E-state index contributed by atoms with van der Waals surface area (Å²) in [5.74, 6) is 1.40. The molecule has 1 heteroatoms. The predicted octanol–water partition coefficient (Wildman–Crippen LogP) is 7.05. The van der Waals surface area contributed by atoms with Crippen LogP contribution in [0.1, 0.15) is 64.5 Å². The number of aryl methyl sites for hydroxylation is 1. The van der Waals surface area contributed by atoms with Crippen LogP contribution in [-0.2, 0) is 6.42 Å². The van der Waals surface area contributed by atoms with Crippen LogP contribution in [0, 0.1) is 11.8 Å². The first-order valence-electron chi connectivity index (χ1n) is 10.1. The second-order valence-corrected chi connectivity index (χ2v) is 7.74. The highest BCUT2D eigenvalue weighted by Gasteiger charge is 2.09. The molecule has 1 aliphatic rings. The summed E-state index contributed by atoms with van der Waals surface area (Å²) in [6.45, 7) is 8.88. The Bertz CT molecular complexity index is 703. The summed E-state index contributed by atoms with van der Waals surface area (Å²) in [5.41, 5.74) is 6.77. The molecule has 1 aromatic rings. The van der Waals surface area contributed by atoms with Crippen molar-refractivity contribution in [1.82, 2.24) is 0 Å². The van der Waals surface area contributed by atoms with Crippen molar-refractivity contribution in [3.8, 4) is 0 Å². The van der Waals surface area contributed by atoms with E-state index in [1.54, 1.807) is 0 Å². The van der Waals surface area contributed by atoms with Crippen LogP contribution in [0.15, 0.2) is 59.1 Å². The number of hydrogen-bond acceptors (Lipinski definition) is 1. The third-order valence-corrected chi connectivity index (χ3v) is 5.56. The first-order valence-corrected chi connectivity index (χ1v) is 10.1. The molecule has 0 aliphatic heterocycles.